The Labute approximate surface area is 230 Å². The summed E-state index contributed by atoms with van der Waals surface area (Å²) >= 11 is 5.30. The van der Waals surface area contributed by atoms with Gasteiger partial charge < -0.3 is 28.8 Å². The monoisotopic (exact) mass is 572 g/mol. The lowest BCUT2D eigenvalue weighted by Gasteiger charge is -2.57. The largest absolute Gasteiger partial charge is 0.508 e. The fourth-order valence-electron chi connectivity index (χ4n) is 7.24. The van der Waals surface area contributed by atoms with Crippen molar-refractivity contribution in [2.75, 3.05) is 19.3 Å². The van der Waals surface area contributed by atoms with Crippen molar-refractivity contribution in [3.8, 4) is 0 Å². The van der Waals surface area contributed by atoms with Gasteiger partial charge in [0.15, 0.2) is 18.0 Å². The SMILES string of the molecule is CCOC(=O)O[C@@H]1C[C@H]2[C@@H]3C[C@H](F)C4=CC(=O)C=C[C@]4(C)[C@H]3CC[C@]2(C)[C@@H]1OC(=O)OCC(O)C(=O)OCCl. The van der Waals surface area contributed by atoms with Gasteiger partial charge in [-0.15, -0.1) is 0 Å². The molecule has 4 aliphatic carbocycles. The van der Waals surface area contributed by atoms with Gasteiger partial charge in [0.1, 0.15) is 25.0 Å². The zero-order chi connectivity index (χ0) is 28.5. The molecule has 0 bridgehead atoms. The van der Waals surface area contributed by atoms with Gasteiger partial charge >= 0.3 is 18.3 Å². The van der Waals surface area contributed by atoms with Crippen molar-refractivity contribution in [3.63, 3.8) is 0 Å². The maximum absolute atomic E-state index is 15.6. The molecule has 10 nitrogen and oxygen atoms in total. The second kappa shape index (κ2) is 11.4. The summed E-state index contributed by atoms with van der Waals surface area (Å²) in [6.45, 7) is 4.88. The van der Waals surface area contributed by atoms with Crippen molar-refractivity contribution in [1.82, 2.24) is 0 Å². The van der Waals surface area contributed by atoms with Crippen molar-refractivity contribution in [2.45, 2.75) is 70.9 Å². The van der Waals surface area contributed by atoms with Crippen LogP contribution in [0, 0.1) is 28.6 Å². The number of aliphatic hydroxyl groups excluding tert-OH is 1. The maximum atomic E-state index is 15.6. The molecule has 9 atom stereocenters. The van der Waals surface area contributed by atoms with Crippen LogP contribution in [0.3, 0.4) is 0 Å². The Kier molecular flexibility index (Phi) is 8.61. The summed E-state index contributed by atoms with van der Waals surface area (Å²) in [7, 11) is 0. The molecule has 0 amide bonds. The first-order valence-electron chi connectivity index (χ1n) is 13.1. The number of ether oxygens (including phenoxy) is 5. The first-order valence-corrected chi connectivity index (χ1v) is 13.6. The molecule has 0 spiro atoms. The summed E-state index contributed by atoms with van der Waals surface area (Å²) in [6, 6.07) is -0.473. The zero-order valence-electron chi connectivity index (χ0n) is 22.1. The van der Waals surface area contributed by atoms with Crippen LogP contribution >= 0.6 is 11.6 Å². The van der Waals surface area contributed by atoms with Gasteiger partial charge in [-0.2, -0.15) is 0 Å². The van der Waals surface area contributed by atoms with E-state index in [1.165, 1.54) is 12.2 Å². The normalized spacial score (nSPS) is 37.4. The maximum Gasteiger partial charge on any atom is 0.508 e. The van der Waals surface area contributed by atoms with E-state index in [0.717, 1.165) is 0 Å². The molecule has 1 unspecified atom stereocenters. The Morgan fingerprint density at radius 1 is 1.13 bits per heavy atom. The average molecular weight is 573 g/mol. The molecule has 12 heteroatoms. The number of fused-ring (bicyclic) bond motifs is 5. The molecular weight excluding hydrogens is 539 g/mol. The van der Waals surface area contributed by atoms with Crippen LogP contribution in [-0.2, 0) is 33.3 Å². The van der Waals surface area contributed by atoms with E-state index >= 15 is 4.39 Å². The minimum absolute atomic E-state index is 0.0372. The molecule has 0 aromatic heterocycles. The molecule has 0 heterocycles. The third-order valence-electron chi connectivity index (χ3n) is 9.01. The van der Waals surface area contributed by atoms with Crippen LogP contribution in [0.1, 0.15) is 46.5 Å². The van der Waals surface area contributed by atoms with Crippen molar-refractivity contribution in [2.24, 2.45) is 28.6 Å². The van der Waals surface area contributed by atoms with Crippen molar-refractivity contribution in [1.29, 1.82) is 0 Å². The minimum Gasteiger partial charge on any atom is -0.447 e. The number of rotatable bonds is 7. The molecular formula is C27H34ClFO10. The summed E-state index contributed by atoms with van der Waals surface area (Å²) in [4.78, 5) is 48.5. The number of halogens is 2. The number of carbonyl (C=O) groups excluding carboxylic acids is 4. The molecule has 4 aliphatic rings. The highest BCUT2D eigenvalue weighted by Crippen LogP contribution is 2.65. The van der Waals surface area contributed by atoms with E-state index < -0.39 is 66.3 Å². The first kappa shape index (κ1) is 29.3. The van der Waals surface area contributed by atoms with Crippen molar-refractivity contribution in [3.05, 3.63) is 23.8 Å². The molecule has 0 aliphatic heterocycles. The summed E-state index contributed by atoms with van der Waals surface area (Å²) in [5, 5.41) is 9.80. The van der Waals surface area contributed by atoms with Crippen LogP contribution in [0.4, 0.5) is 14.0 Å². The molecule has 0 aromatic rings. The molecule has 0 radical (unpaired) electrons. The Morgan fingerprint density at radius 3 is 2.54 bits per heavy atom. The number of esters is 1. The summed E-state index contributed by atoms with van der Waals surface area (Å²) in [5.41, 5.74) is -0.820. The standard InChI is InChI=1S/C27H34ClFO10/c1-4-35-24(33)38-21-11-17-15-10-19(29)18-9-14(30)5-7-26(18,2)16(15)6-8-27(17,3)22(21)39-25(34)36-12-20(31)23(32)37-13-28/h5,7,9,15-17,19-22,31H,4,6,8,10-13H2,1-3H3/t15-,16+,17+,19+,20?,21-,22-,26-,27+/m1/s1. The Morgan fingerprint density at radius 2 is 1.85 bits per heavy atom. The molecule has 3 fully saturated rings. The van der Waals surface area contributed by atoms with Crippen LogP contribution in [-0.4, -0.2) is 72.9 Å². The van der Waals surface area contributed by atoms with E-state index in [4.69, 9.17) is 30.5 Å². The molecule has 216 valence electrons. The highest BCUT2D eigenvalue weighted by atomic mass is 35.5. The van der Waals surface area contributed by atoms with Crippen LogP contribution in [0.15, 0.2) is 23.8 Å². The Bertz CT molecular complexity index is 1060. The highest BCUT2D eigenvalue weighted by molar-refractivity contribution is 6.17. The van der Waals surface area contributed by atoms with Crippen LogP contribution in [0.25, 0.3) is 0 Å². The van der Waals surface area contributed by atoms with Gasteiger partial charge in [0.25, 0.3) is 0 Å². The average Bonchev–Trinajstić information content (AvgIpc) is 3.15. The summed E-state index contributed by atoms with van der Waals surface area (Å²) in [6.07, 6.45) is -0.517. The Hall–Kier alpha value is -2.66. The zero-order valence-corrected chi connectivity index (χ0v) is 22.9. The van der Waals surface area contributed by atoms with Gasteiger partial charge in [0.05, 0.1) is 6.61 Å². The lowest BCUT2D eigenvalue weighted by Crippen LogP contribution is -2.53. The van der Waals surface area contributed by atoms with E-state index in [1.54, 1.807) is 6.92 Å². The number of aliphatic hydroxyl groups is 1. The number of hydrogen-bond donors (Lipinski definition) is 1. The molecule has 0 saturated heterocycles. The van der Waals surface area contributed by atoms with Gasteiger partial charge in [-0.3, -0.25) is 4.79 Å². The quantitative estimate of drug-likeness (QED) is 0.271. The smallest absolute Gasteiger partial charge is 0.447 e. The first-order chi connectivity index (χ1) is 18.4. The highest BCUT2D eigenvalue weighted by Gasteiger charge is 2.65. The molecule has 4 rings (SSSR count). The van der Waals surface area contributed by atoms with Gasteiger partial charge in [-0.25, -0.2) is 18.8 Å². The number of ketones is 1. The lowest BCUT2D eigenvalue weighted by atomic mass is 9.48. The third kappa shape index (κ3) is 5.52. The van der Waals surface area contributed by atoms with Crippen LogP contribution in [0.5, 0.6) is 0 Å². The second-order valence-corrected chi connectivity index (χ2v) is 11.2. The molecule has 3 saturated carbocycles. The van der Waals surface area contributed by atoms with Gasteiger partial charge in [0, 0.05) is 10.8 Å². The summed E-state index contributed by atoms with van der Waals surface area (Å²) < 4.78 is 41.2. The van der Waals surface area contributed by atoms with E-state index in [2.05, 4.69) is 4.74 Å². The number of carbonyl (C=O) groups is 4. The lowest BCUT2D eigenvalue weighted by molar-refractivity contribution is -0.154. The number of hydrogen-bond acceptors (Lipinski definition) is 10. The van der Waals surface area contributed by atoms with Gasteiger partial charge in [-0.1, -0.05) is 31.5 Å². The van der Waals surface area contributed by atoms with Crippen LogP contribution < -0.4 is 0 Å². The Balaban J connectivity index is 1.56. The second-order valence-electron chi connectivity index (χ2n) is 11.0. The minimum atomic E-state index is -1.76. The predicted octanol–water partition coefficient (Wildman–Crippen LogP) is 4.02. The summed E-state index contributed by atoms with van der Waals surface area (Å²) in [5.74, 6) is -1.56. The molecule has 39 heavy (non-hydrogen) atoms. The topological polar surface area (TPSA) is 135 Å². The van der Waals surface area contributed by atoms with E-state index in [1.807, 2.05) is 19.9 Å². The molecule has 0 aromatic carbocycles. The van der Waals surface area contributed by atoms with E-state index in [-0.39, 0.29) is 36.6 Å². The van der Waals surface area contributed by atoms with E-state index in [0.29, 0.717) is 24.8 Å². The van der Waals surface area contributed by atoms with Crippen LogP contribution in [0.2, 0.25) is 0 Å². The number of alkyl halides is 2. The van der Waals surface area contributed by atoms with Crippen molar-refractivity contribution >= 4 is 35.7 Å². The third-order valence-corrected chi connectivity index (χ3v) is 9.12. The van der Waals surface area contributed by atoms with Crippen molar-refractivity contribution < 1.29 is 52.4 Å². The number of allylic oxidation sites excluding steroid dienone is 4. The fourth-order valence-corrected chi connectivity index (χ4v) is 7.35. The molecule has 1 N–H and O–H groups in total. The predicted molar refractivity (Wildman–Crippen MR) is 133 cm³/mol. The van der Waals surface area contributed by atoms with E-state index in [9.17, 15) is 24.3 Å². The fraction of sp³-hybridized carbons (Fsp3) is 0.704. The van der Waals surface area contributed by atoms with Gasteiger partial charge in [-0.05, 0) is 68.1 Å². The van der Waals surface area contributed by atoms with Gasteiger partial charge in [0.2, 0.25) is 0 Å².